The third-order valence-corrected chi connectivity index (χ3v) is 7.66. The SMILES string of the molecule is COc1cccc2c1C(=O)c1c(O)c3c(c(O)c1C2=O)CC(O)(C(=O)CO)CC3OC1CCC(O)C(C)O1. The smallest absolute Gasteiger partial charge is 0.202 e. The molecular formula is C27H28O11. The highest BCUT2D eigenvalue weighted by Gasteiger charge is 2.49. The number of hydrogen-bond donors (Lipinski definition) is 5. The third kappa shape index (κ3) is 3.89. The van der Waals surface area contributed by atoms with Crippen LogP contribution in [0.15, 0.2) is 18.2 Å². The van der Waals surface area contributed by atoms with E-state index in [-0.39, 0.29) is 34.4 Å². The molecule has 0 amide bonds. The molecule has 0 radical (unpaired) electrons. The van der Waals surface area contributed by atoms with Crippen molar-refractivity contribution in [3.8, 4) is 17.2 Å². The van der Waals surface area contributed by atoms with Gasteiger partial charge in [0, 0.05) is 36.0 Å². The van der Waals surface area contributed by atoms with Crippen LogP contribution in [-0.2, 0) is 20.7 Å². The van der Waals surface area contributed by atoms with Gasteiger partial charge in [0.25, 0.3) is 0 Å². The Morgan fingerprint density at radius 1 is 1.11 bits per heavy atom. The van der Waals surface area contributed by atoms with Gasteiger partial charge in [-0.25, -0.2) is 0 Å². The number of carbonyl (C=O) groups is 3. The fraction of sp³-hybridized carbons (Fsp3) is 0.444. The maximum absolute atomic E-state index is 13.6. The van der Waals surface area contributed by atoms with Gasteiger partial charge in [-0.2, -0.15) is 0 Å². The molecule has 1 fully saturated rings. The van der Waals surface area contributed by atoms with E-state index in [9.17, 15) is 39.9 Å². The Balaban J connectivity index is 1.69. The predicted octanol–water partition coefficient (Wildman–Crippen LogP) is 1.06. The number of aliphatic hydroxyl groups is 3. The van der Waals surface area contributed by atoms with Crippen LogP contribution in [0.1, 0.15) is 75.3 Å². The number of rotatable bonds is 5. The van der Waals surface area contributed by atoms with Crippen LogP contribution >= 0.6 is 0 Å². The average molecular weight is 529 g/mol. The summed E-state index contributed by atoms with van der Waals surface area (Å²) in [6.45, 7) is 0.652. The topological polar surface area (TPSA) is 180 Å². The highest BCUT2D eigenvalue weighted by molar-refractivity contribution is 6.31. The Bertz CT molecular complexity index is 1350. The molecule has 202 valence electrons. The zero-order valence-corrected chi connectivity index (χ0v) is 20.8. The molecule has 5 atom stereocenters. The van der Waals surface area contributed by atoms with E-state index in [4.69, 9.17) is 14.2 Å². The van der Waals surface area contributed by atoms with Gasteiger partial charge in [0.05, 0.1) is 42.1 Å². The first-order chi connectivity index (χ1) is 18.0. The molecule has 0 bridgehead atoms. The minimum absolute atomic E-state index is 0.0371. The number of hydrogen-bond acceptors (Lipinski definition) is 11. The highest BCUT2D eigenvalue weighted by Crippen LogP contribution is 2.52. The summed E-state index contributed by atoms with van der Waals surface area (Å²) in [6, 6.07) is 4.39. The number of benzene rings is 2. The molecule has 3 aliphatic rings. The summed E-state index contributed by atoms with van der Waals surface area (Å²) in [5.74, 6) is -3.64. The van der Waals surface area contributed by atoms with Crippen LogP contribution in [-0.4, -0.2) is 80.7 Å². The summed E-state index contributed by atoms with van der Waals surface area (Å²) >= 11 is 0. The van der Waals surface area contributed by atoms with Crippen LogP contribution in [0, 0.1) is 0 Å². The van der Waals surface area contributed by atoms with Crippen molar-refractivity contribution in [3.63, 3.8) is 0 Å². The van der Waals surface area contributed by atoms with Gasteiger partial charge in [0.2, 0.25) is 5.78 Å². The van der Waals surface area contributed by atoms with Gasteiger partial charge in [-0.05, 0) is 19.4 Å². The normalized spacial score (nSPS) is 28.3. The molecule has 5 N–H and O–H groups in total. The second-order valence-corrected chi connectivity index (χ2v) is 9.91. The van der Waals surface area contributed by atoms with Gasteiger partial charge < -0.3 is 39.7 Å². The number of methoxy groups -OCH3 is 1. The zero-order chi connectivity index (χ0) is 27.5. The van der Waals surface area contributed by atoms with E-state index in [0.29, 0.717) is 6.42 Å². The Morgan fingerprint density at radius 3 is 2.47 bits per heavy atom. The lowest BCUT2D eigenvalue weighted by molar-refractivity contribution is -0.243. The van der Waals surface area contributed by atoms with Gasteiger partial charge in [-0.1, -0.05) is 12.1 Å². The summed E-state index contributed by atoms with van der Waals surface area (Å²) in [6.07, 6.45) is -3.85. The minimum Gasteiger partial charge on any atom is -0.507 e. The molecule has 11 heteroatoms. The number of phenolic OH excluding ortho intramolecular Hbond substituents is 2. The number of aliphatic hydroxyl groups excluding tert-OH is 2. The number of aromatic hydroxyl groups is 2. The number of fused-ring (bicyclic) bond motifs is 3. The molecule has 1 saturated heterocycles. The number of carbonyl (C=O) groups excluding carboxylic acids is 3. The van der Waals surface area contributed by atoms with Crippen LogP contribution in [0.2, 0.25) is 0 Å². The number of phenols is 2. The second-order valence-electron chi connectivity index (χ2n) is 9.91. The Kier molecular flexibility index (Phi) is 6.52. The molecule has 38 heavy (non-hydrogen) atoms. The van der Waals surface area contributed by atoms with E-state index in [2.05, 4.69) is 0 Å². The van der Waals surface area contributed by atoms with E-state index in [1.54, 1.807) is 6.92 Å². The minimum atomic E-state index is -2.20. The molecule has 1 heterocycles. The van der Waals surface area contributed by atoms with Crippen LogP contribution in [0.4, 0.5) is 0 Å². The number of Topliss-reactive ketones (excluding diaryl/α,β-unsaturated/α-hetero) is 1. The van der Waals surface area contributed by atoms with Crippen LogP contribution in [0.3, 0.4) is 0 Å². The lowest BCUT2D eigenvalue weighted by Crippen LogP contribution is -2.48. The van der Waals surface area contributed by atoms with Crippen molar-refractivity contribution in [1.29, 1.82) is 0 Å². The van der Waals surface area contributed by atoms with E-state index in [0.717, 1.165) is 0 Å². The first kappa shape index (κ1) is 26.3. The van der Waals surface area contributed by atoms with E-state index >= 15 is 0 Å². The largest absolute Gasteiger partial charge is 0.507 e. The van der Waals surface area contributed by atoms with Crippen molar-refractivity contribution in [2.75, 3.05) is 13.7 Å². The number of ether oxygens (including phenoxy) is 3. The molecule has 1 aliphatic heterocycles. The zero-order valence-electron chi connectivity index (χ0n) is 20.8. The van der Waals surface area contributed by atoms with Crippen molar-refractivity contribution < 1.29 is 54.1 Å². The predicted molar refractivity (Wildman–Crippen MR) is 128 cm³/mol. The van der Waals surface area contributed by atoms with Crippen molar-refractivity contribution in [3.05, 3.63) is 51.6 Å². The van der Waals surface area contributed by atoms with Crippen LogP contribution in [0.25, 0.3) is 0 Å². The molecule has 5 unspecified atom stereocenters. The molecule has 5 rings (SSSR count). The second kappa shape index (κ2) is 9.44. The first-order valence-electron chi connectivity index (χ1n) is 12.2. The fourth-order valence-corrected chi connectivity index (χ4v) is 5.62. The van der Waals surface area contributed by atoms with E-state index in [1.807, 2.05) is 0 Å². The molecule has 11 nitrogen and oxygen atoms in total. The van der Waals surface area contributed by atoms with Crippen molar-refractivity contribution in [1.82, 2.24) is 0 Å². The van der Waals surface area contributed by atoms with E-state index in [1.165, 1.54) is 25.3 Å². The van der Waals surface area contributed by atoms with Gasteiger partial charge >= 0.3 is 0 Å². The summed E-state index contributed by atoms with van der Waals surface area (Å²) < 4.78 is 17.0. The third-order valence-electron chi connectivity index (χ3n) is 7.66. The molecule has 2 aliphatic carbocycles. The first-order valence-corrected chi connectivity index (χ1v) is 12.2. The Morgan fingerprint density at radius 2 is 1.82 bits per heavy atom. The lowest BCUT2D eigenvalue weighted by atomic mass is 9.72. The highest BCUT2D eigenvalue weighted by atomic mass is 16.7. The van der Waals surface area contributed by atoms with Crippen LogP contribution < -0.4 is 4.74 Å². The van der Waals surface area contributed by atoms with Crippen LogP contribution in [0.5, 0.6) is 17.2 Å². The standard InChI is InChI=1S/C27H28O11/c1-11-14(29)6-7-18(37-11)38-16-9-27(35,17(30)10-28)8-13-20(16)26(34)22-21(24(13)32)23(31)12-4-3-5-15(36-2)19(12)25(22)33/h3-5,11,14,16,18,28-29,32,34-35H,6-10H2,1-2H3. The van der Waals surface area contributed by atoms with Crippen molar-refractivity contribution in [2.24, 2.45) is 0 Å². The van der Waals surface area contributed by atoms with Gasteiger partial charge in [0.1, 0.15) is 29.5 Å². The average Bonchev–Trinajstić information content (AvgIpc) is 2.90. The maximum atomic E-state index is 13.6. The summed E-state index contributed by atoms with van der Waals surface area (Å²) in [7, 11) is 1.33. The number of ketones is 3. The molecule has 0 saturated carbocycles. The Labute approximate surface area is 217 Å². The molecule has 0 aromatic heterocycles. The van der Waals surface area contributed by atoms with Crippen molar-refractivity contribution in [2.45, 2.75) is 62.8 Å². The van der Waals surface area contributed by atoms with Gasteiger partial charge in [-0.3, -0.25) is 14.4 Å². The molecule has 2 aromatic rings. The van der Waals surface area contributed by atoms with Crippen molar-refractivity contribution >= 4 is 17.3 Å². The van der Waals surface area contributed by atoms with E-state index < -0.39 is 89.6 Å². The quantitative estimate of drug-likeness (QED) is 0.299. The van der Waals surface area contributed by atoms with Gasteiger partial charge in [-0.15, -0.1) is 0 Å². The molecule has 0 spiro atoms. The summed E-state index contributed by atoms with van der Waals surface area (Å²) in [5, 5.41) is 53.5. The Hall–Kier alpha value is -3.35. The summed E-state index contributed by atoms with van der Waals surface area (Å²) in [4.78, 5) is 39.7. The lowest BCUT2D eigenvalue weighted by Gasteiger charge is -2.41. The van der Waals surface area contributed by atoms with Gasteiger partial charge in [0.15, 0.2) is 17.9 Å². The molecular weight excluding hydrogens is 500 g/mol. The maximum Gasteiger partial charge on any atom is 0.202 e. The summed E-state index contributed by atoms with van der Waals surface area (Å²) in [5.41, 5.74) is -3.43. The fourth-order valence-electron chi connectivity index (χ4n) is 5.62. The monoisotopic (exact) mass is 528 g/mol. The molecule has 2 aromatic carbocycles.